The lowest BCUT2D eigenvalue weighted by Crippen LogP contribution is -1.85. The second kappa shape index (κ2) is 3.56. The molecule has 0 fully saturated rings. The van der Waals surface area contributed by atoms with Crippen LogP contribution in [0.25, 0.3) is 0 Å². The molecule has 0 bridgehead atoms. The minimum Gasteiger partial charge on any atom is -0.449 e. The molecule has 0 unspecified atom stereocenters. The molecule has 1 aromatic rings. The van der Waals surface area contributed by atoms with Gasteiger partial charge in [-0.3, -0.25) is 0 Å². The zero-order chi connectivity index (χ0) is 6.53. The Labute approximate surface area is 58.7 Å². The van der Waals surface area contributed by atoms with E-state index in [1.54, 1.807) is 24.2 Å². The van der Waals surface area contributed by atoms with Crippen LogP contribution in [0.15, 0.2) is 16.9 Å². The molecule has 1 aromatic heterocycles. The first-order valence-corrected chi connectivity index (χ1v) is 4.20. The van der Waals surface area contributed by atoms with Crippen LogP contribution in [0.1, 0.15) is 5.89 Å². The predicted octanol–water partition coefficient (Wildman–Crippen LogP) is 1.58. The van der Waals surface area contributed by atoms with Crippen molar-refractivity contribution in [1.82, 2.24) is 4.98 Å². The van der Waals surface area contributed by atoms with Crippen molar-refractivity contribution >= 4 is 11.8 Å². The van der Waals surface area contributed by atoms with Gasteiger partial charge in [-0.25, -0.2) is 4.98 Å². The number of oxazole rings is 1. The Hall–Kier alpha value is -0.440. The molecule has 0 radical (unpaired) electrons. The van der Waals surface area contributed by atoms with Gasteiger partial charge in [0, 0.05) is 12.2 Å². The molecule has 0 aromatic carbocycles. The van der Waals surface area contributed by atoms with Crippen molar-refractivity contribution < 1.29 is 4.42 Å². The van der Waals surface area contributed by atoms with Crippen molar-refractivity contribution in [2.45, 2.75) is 6.42 Å². The van der Waals surface area contributed by atoms with E-state index in [0.717, 1.165) is 18.1 Å². The lowest BCUT2D eigenvalue weighted by Gasteiger charge is -1.88. The molecule has 1 rings (SSSR count). The molecule has 9 heavy (non-hydrogen) atoms. The Balaban J connectivity index is 2.30. The van der Waals surface area contributed by atoms with Crippen LogP contribution >= 0.6 is 11.8 Å². The van der Waals surface area contributed by atoms with Gasteiger partial charge in [0.05, 0.1) is 6.20 Å². The molecule has 2 nitrogen and oxygen atoms in total. The lowest BCUT2D eigenvalue weighted by atomic mass is 10.5. The van der Waals surface area contributed by atoms with Crippen molar-refractivity contribution in [2.75, 3.05) is 12.0 Å². The predicted molar refractivity (Wildman–Crippen MR) is 38.6 cm³/mol. The number of hydrogen-bond donors (Lipinski definition) is 0. The van der Waals surface area contributed by atoms with Crippen LogP contribution in [0.2, 0.25) is 0 Å². The van der Waals surface area contributed by atoms with E-state index in [4.69, 9.17) is 4.42 Å². The third kappa shape index (κ3) is 2.10. The number of nitrogens with zero attached hydrogens (tertiary/aromatic N) is 1. The molecule has 0 N–H and O–H groups in total. The Bertz CT molecular complexity index is 150. The fourth-order valence-corrected chi connectivity index (χ4v) is 0.945. The number of hydrogen-bond acceptors (Lipinski definition) is 3. The highest BCUT2D eigenvalue weighted by molar-refractivity contribution is 7.98. The average Bonchev–Trinajstić information content (AvgIpc) is 2.34. The summed E-state index contributed by atoms with van der Waals surface area (Å²) in [7, 11) is 0. The maximum atomic E-state index is 5.01. The highest BCUT2D eigenvalue weighted by Crippen LogP contribution is 2.00. The zero-order valence-corrected chi connectivity index (χ0v) is 6.15. The van der Waals surface area contributed by atoms with Gasteiger partial charge in [-0.05, 0) is 6.26 Å². The van der Waals surface area contributed by atoms with Crippen LogP contribution in [0.5, 0.6) is 0 Å². The minimum atomic E-state index is 0.837. The number of thioether (sulfide) groups is 1. The molecular weight excluding hydrogens is 134 g/mol. The van der Waals surface area contributed by atoms with E-state index in [9.17, 15) is 0 Å². The van der Waals surface area contributed by atoms with Crippen molar-refractivity contribution in [3.05, 3.63) is 18.4 Å². The van der Waals surface area contributed by atoms with E-state index in [1.165, 1.54) is 0 Å². The topological polar surface area (TPSA) is 26.0 Å². The van der Waals surface area contributed by atoms with Gasteiger partial charge in [0.1, 0.15) is 6.26 Å². The van der Waals surface area contributed by atoms with Gasteiger partial charge < -0.3 is 4.42 Å². The van der Waals surface area contributed by atoms with E-state index < -0.39 is 0 Å². The standard InChI is InChI=1S/C6H9NOS/c1-9-5-2-6-7-3-4-8-6/h3-4H,2,5H2,1H3. The van der Waals surface area contributed by atoms with Gasteiger partial charge in [0.2, 0.25) is 0 Å². The minimum absolute atomic E-state index is 0.837. The first kappa shape index (κ1) is 6.68. The average molecular weight is 143 g/mol. The molecule has 50 valence electrons. The monoisotopic (exact) mass is 143 g/mol. The van der Waals surface area contributed by atoms with Crippen LogP contribution in [0, 0.1) is 0 Å². The van der Waals surface area contributed by atoms with Crippen LogP contribution in [-0.4, -0.2) is 17.0 Å². The van der Waals surface area contributed by atoms with Gasteiger partial charge in [0.25, 0.3) is 0 Å². The van der Waals surface area contributed by atoms with Crippen LogP contribution in [-0.2, 0) is 6.42 Å². The van der Waals surface area contributed by atoms with E-state index in [-0.39, 0.29) is 0 Å². The van der Waals surface area contributed by atoms with Gasteiger partial charge in [-0.1, -0.05) is 0 Å². The summed E-state index contributed by atoms with van der Waals surface area (Å²) in [5.41, 5.74) is 0. The maximum Gasteiger partial charge on any atom is 0.194 e. The van der Waals surface area contributed by atoms with Crippen LogP contribution in [0.4, 0.5) is 0 Å². The Morgan fingerprint density at radius 2 is 2.67 bits per heavy atom. The third-order valence-corrected chi connectivity index (χ3v) is 1.62. The molecule has 1 heterocycles. The fourth-order valence-electron chi connectivity index (χ4n) is 0.566. The molecule has 0 atom stereocenters. The summed E-state index contributed by atoms with van der Waals surface area (Å²) in [4.78, 5) is 3.97. The molecule has 0 aliphatic heterocycles. The summed E-state index contributed by atoms with van der Waals surface area (Å²) < 4.78 is 5.01. The number of aromatic nitrogens is 1. The first-order valence-electron chi connectivity index (χ1n) is 2.81. The second-order valence-electron chi connectivity index (χ2n) is 1.67. The van der Waals surface area contributed by atoms with Crippen molar-refractivity contribution in [3.63, 3.8) is 0 Å². The van der Waals surface area contributed by atoms with Crippen LogP contribution in [0.3, 0.4) is 0 Å². The Morgan fingerprint density at radius 3 is 3.22 bits per heavy atom. The van der Waals surface area contributed by atoms with Gasteiger partial charge >= 0.3 is 0 Å². The third-order valence-electron chi connectivity index (χ3n) is 1.00. The largest absolute Gasteiger partial charge is 0.449 e. The summed E-state index contributed by atoms with van der Waals surface area (Å²) in [6.07, 6.45) is 6.29. The summed E-state index contributed by atoms with van der Waals surface area (Å²) >= 11 is 1.80. The molecule has 0 saturated carbocycles. The molecule has 0 amide bonds. The van der Waals surface area contributed by atoms with E-state index in [1.807, 2.05) is 0 Å². The van der Waals surface area contributed by atoms with E-state index in [0.29, 0.717) is 0 Å². The zero-order valence-electron chi connectivity index (χ0n) is 5.33. The van der Waals surface area contributed by atoms with Gasteiger partial charge in [-0.15, -0.1) is 0 Å². The Morgan fingerprint density at radius 1 is 1.78 bits per heavy atom. The molecule has 0 saturated heterocycles. The Kier molecular flexibility index (Phi) is 2.64. The van der Waals surface area contributed by atoms with Gasteiger partial charge in [0.15, 0.2) is 5.89 Å². The second-order valence-corrected chi connectivity index (χ2v) is 2.65. The highest BCUT2D eigenvalue weighted by Gasteiger charge is 1.93. The summed E-state index contributed by atoms with van der Waals surface area (Å²) in [6, 6.07) is 0. The van der Waals surface area contributed by atoms with Crippen molar-refractivity contribution in [1.29, 1.82) is 0 Å². The molecule has 3 heteroatoms. The van der Waals surface area contributed by atoms with Crippen molar-refractivity contribution in [3.8, 4) is 0 Å². The smallest absolute Gasteiger partial charge is 0.194 e. The normalized spacial score (nSPS) is 9.89. The number of rotatable bonds is 3. The SMILES string of the molecule is CSCCc1ncco1. The van der Waals surface area contributed by atoms with E-state index >= 15 is 0 Å². The summed E-state index contributed by atoms with van der Waals surface area (Å²) in [5, 5.41) is 0. The molecule has 0 aliphatic carbocycles. The first-order chi connectivity index (χ1) is 4.43. The summed E-state index contributed by atoms with van der Waals surface area (Å²) in [5.74, 6) is 1.92. The summed E-state index contributed by atoms with van der Waals surface area (Å²) in [6.45, 7) is 0. The van der Waals surface area contributed by atoms with E-state index in [2.05, 4.69) is 11.2 Å². The highest BCUT2D eigenvalue weighted by atomic mass is 32.2. The van der Waals surface area contributed by atoms with Crippen molar-refractivity contribution in [2.24, 2.45) is 0 Å². The molecule has 0 aliphatic rings. The van der Waals surface area contributed by atoms with Gasteiger partial charge in [-0.2, -0.15) is 11.8 Å². The lowest BCUT2D eigenvalue weighted by molar-refractivity contribution is 0.503. The van der Waals surface area contributed by atoms with Crippen LogP contribution < -0.4 is 0 Å². The maximum absolute atomic E-state index is 5.01. The number of aryl methyl sites for hydroxylation is 1. The quantitative estimate of drug-likeness (QED) is 0.642. The molecular formula is C6H9NOS. The fraction of sp³-hybridized carbons (Fsp3) is 0.500. The molecule has 0 spiro atoms.